The molecule has 1 atom stereocenters. The maximum atomic E-state index is 12.2. The van der Waals surface area contributed by atoms with Gasteiger partial charge in [-0.05, 0) is 15.9 Å². The average Bonchev–Trinajstić information content (AvgIpc) is 2.73. The largest absolute Gasteiger partial charge is 0.408 e. The SMILES string of the molecule is O=C1CC(Nc2cnn(CC(F)(F)F)c(=O)c2Br)CN1. The van der Waals surface area contributed by atoms with E-state index in [0.717, 1.165) is 6.20 Å². The van der Waals surface area contributed by atoms with Crippen molar-refractivity contribution in [2.24, 2.45) is 0 Å². The fourth-order valence-electron chi connectivity index (χ4n) is 1.78. The van der Waals surface area contributed by atoms with Crippen LogP contribution in [0.15, 0.2) is 15.5 Å². The van der Waals surface area contributed by atoms with E-state index < -0.39 is 18.3 Å². The van der Waals surface area contributed by atoms with Gasteiger partial charge in [-0.25, -0.2) is 4.68 Å². The van der Waals surface area contributed by atoms with Crippen molar-refractivity contribution in [3.63, 3.8) is 0 Å². The predicted molar refractivity (Wildman–Crippen MR) is 67.3 cm³/mol. The van der Waals surface area contributed by atoms with Gasteiger partial charge in [-0.2, -0.15) is 18.3 Å². The Bertz CT molecular complexity index is 587. The molecule has 1 unspecified atom stereocenters. The second-order valence-corrected chi connectivity index (χ2v) is 5.09. The number of nitrogens with one attached hydrogen (secondary N) is 2. The van der Waals surface area contributed by atoms with Gasteiger partial charge < -0.3 is 10.6 Å². The minimum atomic E-state index is -4.52. The molecule has 0 aromatic carbocycles. The van der Waals surface area contributed by atoms with Crippen LogP contribution in [0.5, 0.6) is 0 Å². The summed E-state index contributed by atoms with van der Waals surface area (Å²) in [6.45, 7) is -1.06. The molecule has 1 saturated heterocycles. The first-order chi connectivity index (χ1) is 9.26. The molecular weight excluding hydrogens is 345 g/mol. The van der Waals surface area contributed by atoms with Crippen LogP contribution in [-0.4, -0.2) is 34.5 Å². The van der Waals surface area contributed by atoms with Crippen molar-refractivity contribution in [2.45, 2.75) is 25.2 Å². The molecule has 2 heterocycles. The van der Waals surface area contributed by atoms with Gasteiger partial charge in [0, 0.05) is 13.0 Å². The fourth-order valence-corrected chi connectivity index (χ4v) is 2.20. The Morgan fingerprint density at radius 3 is 2.75 bits per heavy atom. The second kappa shape index (κ2) is 5.43. The van der Waals surface area contributed by atoms with Crippen LogP contribution in [0.1, 0.15) is 6.42 Å². The second-order valence-electron chi connectivity index (χ2n) is 4.30. The quantitative estimate of drug-likeness (QED) is 0.844. The lowest BCUT2D eigenvalue weighted by atomic mass is 10.2. The van der Waals surface area contributed by atoms with E-state index in [-0.39, 0.29) is 28.5 Å². The van der Waals surface area contributed by atoms with Crippen LogP contribution in [0.2, 0.25) is 0 Å². The average molecular weight is 355 g/mol. The molecule has 1 aromatic heterocycles. The molecule has 110 valence electrons. The zero-order valence-corrected chi connectivity index (χ0v) is 11.6. The van der Waals surface area contributed by atoms with Gasteiger partial charge >= 0.3 is 6.18 Å². The Morgan fingerprint density at radius 1 is 1.50 bits per heavy atom. The first-order valence-corrected chi connectivity index (χ1v) is 6.41. The van der Waals surface area contributed by atoms with Crippen LogP contribution in [0, 0.1) is 0 Å². The first-order valence-electron chi connectivity index (χ1n) is 5.62. The van der Waals surface area contributed by atoms with Crippen molar-refractivity contribution in [1.82, 2.24) is 15.1 Å². The van der Waals surface area contributed by atoms with E-state index in [1.165, 1.54) is 0 Å². The molecular formula is C10H10BrF3N4O2. The van der Waals surface area contributed by atoms with E-state index in [1.807, 2.05) is 0 Å². The number of hydrogen-bond acceptors (Lipinski definition) is 4. The summed E-state index contributed by atoms with van der Waals surface area (Å²) in [5.74, 6) is -0.128. The van der Waals surface area contributed by atoms with E-state index in [2.05, 4.69) is 31.7 Å². The van der Waals surface area contributed by atoms with Crippen LogP contribution >= 0.6 is 15.9 Å². The number of carbonyl (C=O) groups excluding carboxylic acids is 1. The van der Waals surface area contributed by atoms with Crippen molar-refractivity contribution in [2.75, 3.05) is 11.9 Å². The summed E-state index contributed by atoms with van der Waals surface area (Å²) in [5, 5.41) is 8.95. The highest BCUT2D eigenvalue weighted by atomic mass is 79.9. The smallest absolute Gasteiger partial charge is 0.378 e. The van der Waals surface area contributed by atoms with Crippen LogP contribution < -0.4 is 16.2 Å². The van der Waals surface area contributed by atoms with Crippen molar-refractivity contribution in [1.29, 1.82) is 0 Å². The molecule has 0 spiro atoms. The summed E-state index contributed by atoms with van der Waals surface area (Å²) >= 11 is 2.95. The zero-order valence-electron chi connectivity index (χ0n) is 10.00. The number of hydrogen-bond donors (Lipinski definition) is 2. The maximum absolute atomic E-state index is 12.2. The lowest BCUT2D eigenvalue weighted by molar-refractivity contribution is -0.143. The van der Waals surface area contributed by atoms with E-state index in [0.29, 0.717) is 11.2 Å². The minimum absolute atomic E-state index is 0.0453. The Morgan fingerprint density at radius 2 is 2.20 bits per heavy atom. The molecule has 0 aliphatic carbocycles. The molecule has 20 heavy (non-hydrogen) atoms. The molecule has 0 saturated carbocycles. The third-order valence-electron chi connectivity index (χ3n) is 2.65. The van der Waals surface area contributed by atoms with Crippen molar-refractivity contribution < 1.29 is 18.0 Å². The third-order valence-corrected chi connectivity index (χ3v) is 3.42. The number of nitrogens with zero attached hydrogens (tertiary/aromatic N) is 2. The number of halogens is 4. The molecule has 6 nitrogen and oxygen atoms in total. The maximum Gasteiger partial charge on any atom is 0.408 e. The summed E-state index contributed by atoms with van der Waals surface area (Å²) in [6.07, 6.45) is -3.16. The highest BCUT2D eigenvalue weighted by Gasteiger charge is 2.30. The van der Waals surface area contributed by atoms with E-state index >= 15 is 0 Å². The van der Waals surface area contributed by atoms with Crippen molar-refractivity contribution in [3.8, 4) is 0 Å². The lowest BCUT2D eigenvalue weighted by Crippen LogP contribution is -2.32. The van der Waals surface area contributed by atoms with Gasteiger partial charge in [-0.3, -0.25) is 9.59 Å². The van der Waals surface area contributed by atoms with Gasteiger partial charge in [-0.15, -0.1) is 0 Å². The Labute approximate surface area is 119 Å². The van der Waals surface area contributed by atoms with Gasteiger partial charge in [0.05, 0.1) is 17.9 Å². The number of aromatic nitrogens is 2. The van der Waals surface area contributed by atoms with Crippen LogP contribution in [0.25, 0.3) is 0 Å². The topological polar surface area (TPSA) is 76.0 Å². The highest BCUT2D eigenvalue weighted by Crippen LogP contribution is 2.21. The molecule has 1 aromatic rings. The molecule has 0 radical (unpaired) electrons. The van der Waals surface area contributed by atoms with Gasteiger partial charge in [0.1, 0.15) is 11.0 Å². The summed E-state index contributed by atoms with van der Waals surface area (Å²) < 4.78 is 37.0. The lowest BCUT2D eigenvalue weighted by Gasteiger charge is -2.14. The highest BCUT2D eigenvalue weighted by molar-refractivity contribution is 9.10. The Hall–Kier alpha value is -1.58. The number of carbonyl (C=O) groups is 1. The predicted octanol–water partition coefficient (Wildman–Crippen LogP) is 0.868. The summed E-state index contributed by atoms with van der Waals surface area (Å²) in [6, 6.07) is -0.224. The molecule has 1 aliphatic rings. The standard InChI is InChI=1S/C10H10BrF3N4O2/c11-8-6(17-5-1-7(19)15-2-5)3-16-18(9(8)20)4-10(12,13)14/h3,5,17H,1-2,4H2,(H,15,19). The van der Waals surface area contributed by atoms with Gasteiger partial charge in [0.2, 0.25) is 5.91 Å². The van der Waals surface area contributed by atoms with Crippen LogP contribution in [0.3, 0.4) is 0 Å². The zero-order chi connectivity index (χ0) is 14.9. The van der Waals surface area contributed by atoms with Gasteiger partial charge in [0.25, 0.3) is 5.56 Å². The normalized spacial score (nSPS) is 19.0. The first kappa shape index (κ1) is 14.8. The minimum Gasteiger partial charge on any atom is -0.378 e. The molecule has 2 N–H and O–H groups in total. The Balaban J connectivity index is 2.18. The third kappa shape index (κ3) is 3.50. The van der Waals surface area contributed by atoms with Gasteiger partial charge in [-0.1, -0.05) is 0 Å². The van der Waals surface area contributed by atoms with E-state index in [4.69, 9.17) is 0 Å². The Kier molecular flexibility index (Phi) is 4.02. The van der Waals surface area contributed by atoms with Crippen molar-refractivity contribution >= 4 is 27.5 Å². The van der Waals surface area contributed by atoms with Crippen molar-refractivity contribution in [3.05, 3.63) is 21.0 Å². The van der Waals surface area contributed by atoms with Crippen LogP contribution in [0.4, 0.5) is 18.9 Å². The van der Waals surface area contributed by atoms with E-state index in [1.54, 1.807) is 0 Å². The molecule has 2 rings (SSSR count). The summed E-state index contributed by atoms with van der Waals surface area (Å²) in [7, 11) is 0. The molecule has 1 fully saturated rings. The number of amides is 1. The monoisotopic (exact) mass is 354 g/mol. The summed E-state index contributed by atoms with van der Waals surface area (Å²) in [4.78, 5) is 22.8. The summed E-state index contributed by atoms with van der Waals surface area (Å²) in [5.41, 5.74) is -0.625. The number of anilines is 1. The molecule has 1 aliphatic heterocycles. The molecule has 0 bridgehead atoms. The fraction of sp³-hybridized carbons (Fsp3) is 0.500. The van der Waals surface area contributed by atoms with E-state index in [9.17, 15) is 22.8 Å². The number of rotatable bonds is 3. The number of alkyl halides is 3. The van der Waals surface area contributed by atoms with Gasteiger partial charge in [0.15, 0.2) is 0 Å². The van der Waals surface area contributed by atoms with Crippen LogP contribution in [-0.2, 0) is 11.3 Å². The molecule has 1 amide bonds. The molecule has 10 heteroatoms.